The Morgan fingerprint density at radius 1 is 0.781 bits per heavy atom. The first-order valence-electron chi connectivity index (χ1n) is 10.1. The fourth-order valence-electron chi connectivity index (χ4n) is 2.79. The molecule has 7 nitrogen and oxygen atoms in total. The molecule has 0 spiro atoms. The topological polar surface area (TPSA) is 75.3 Å². The van der Waals surface area contributed by atoms with E-state index < -0.39 is 0 Å². The predicted molar refractivity (Wildman–Crippen MR) is 122 cm³/mol. The van der Waals surface area contributed by atoms with Gasteiger partial charge in [-0.15, -0.1) is 0 Å². The van der Waals surface area contributed by atoms with Crippen molar-refractivity contribution in [3.05, 3.63) is 72.3 Å². The summed E-state index contributed by atoms with van der Waals surface area (Å²) in [4.78, 5) is 12.3. The molecule has 168 valence electrons. The first kappa shape index (κ1) is 23.0. The third-order valence-corrected chi connectivity index (χ3v) is 4.44. The van der Waals surface area contributed by atoms with Gasteiger partial charge in [0.1, 0.15) is 23.9 Å². The van der Waals surface area contributed by atoms with E-state index in [0.717, 1.165) is 5.75 Å². The van der Waals surface area contributed by atoms with Crippen LogP contribution in [0.1, 0.15) is 5.56 Å². The van der Waals surface area contributed by atoms with Gasteiger partial charge in [0.25, 0.3) is 5.91 Å². The summed E-state index contributed by atoms with van der Waals surface area (Å²) in [6.45, 7) is 2.71. The zero-order chi connectivity index (χ0) is 22.8. The summed E-state index contributed by atoms with van der Waals surface area (Å²) in [7, 11) is 3.16. The minimum Gasteiger partial charge on any atom is -0.493 e. The molecule has 0 aliphatic heterocycles. The molecule has 3 aromatic carbocycles. The average Bonchev–Trinajstić information content (AvgIpc) is 2.80. The van der Waals surface area contributed by atoms with E-state index in [1.165, 1.54) is 5.56 Å². The lowest BCUT2D eigenvalue weighted by atomic mass is 10.2. The van der Waals surface area contributed by atoms with Crippen molar-refractivity contribution in [2.45, 2.75) is 6.92 Å². The smallest absolute Gasteiger partial charge is 0.262 e. The molecule has 0 atom stereocenters. The molecular formula is C25H27NO6. The Labute approximate surface area is 187 Å². The Hall–Kier alpha value is -3.71. The summed E-state index contributed by atoms with van der Waals surface area (Å²) >= 11 is 0. The molecule has 0 saturated carbocycles. The maximum atomic E-state index is 12.3. The highest BCUT2D eigenvalue weighted by Crippen LogP contribution is 2.30. The van der Waals surface area contributed by atoms with Crippen molar-refractivity contribution in [2.75, 3.05) is 39.4 Å². The van der Waals surface area contributed by atoms with Gasteiger partial charge in [0.15, 0.2) is 18.1 Å². The second-order valence-corrected chi connectivity index (χ2v) is 6.93. The van der Waals surface area contributed by atoms with E-state index in [9.17, 15) is 4.79 Å². The van der Waals surface area contributed by atoms with Gasteiger partial charge >= 0.3 is 0 Å². The maximum Gasteiger partial charge on any atom is 0.262 e. The molecule has 3 aromatic rings. The molecule has 7 heteroatoms. The van der Waals surface area contributed by atoms with Crippen LogP contribution in [0.25, 0.3) is 0 Å². The van der Waals surface area contributed by atoms with Gasteiger partial charge < -0.3 is 29.0 Å². The third-order valence-electron chi connectivity index (χ3n) is 4.44. The average molecular weight is 437 g/mol. The molecule has 0 aliphatic carbocycles. The van der Waals surface area contributed by atoms with Crippen molar-refractivity contribution >= 4 is 11.6 Å². The number of benzene rings is 3. The molecule has 0 fully saturated rings. The Bertz CT molecular complexity index is 1000. The third kappa shape index (κ3) is 6.92. The van der Waals surface area contributed by atoms with E-state index in [1.807, 2.05) is 31.2 Å². The van der Waals surface area contributed by atoms with Gasteiger partial charge in [-0.3, -0.25) is 4.79 Å². The molecule has 1 N–H and O–H groups in total. The second-order valence-electron chi connectivity index (χ2n) is 6.93. The van der Waals surface area contributed by atoms with Crippen LogP contribution < -0.4 is 24.3 Å². The molecule has 3 rings (SSSR count). The summed E-state index contributed by atoms with van der Waals surface area (Å²) < 4.78 is 27.3. The van der Waals surface area contributed by atoms with Crippen molar-refractivity contribution in [1.82, 2.24) is 0 Å². The van der Waals surface area contributed by atoms with Crippen molar-refractivity contribution in [3.63, 3.8) is 0 Å². The zero-order valence-corrected chi connectivity index (χ0v) is 18.4. The standard InChI is InChI=1S/C25H27NO6/c1-18-4-7-21(8-5-18)32-22-11-9-20(10-12-22)31-17-25(27)26-19-6-13-23(29-3)24(16-19)30-15-14-28-2/h4-13,16H,14-15,17H2,1-3H3,(H,26,27). The van der Waals surface area contributed by atoms with Gasteiger partial charge in [0, 0.05) is 18.9 Å². The van der Waals surface area contributed by atoms with Crippen LogP contribution in [-0.2, 0) is 9.53 Å². The second kappa shape index (κ2) is 11.6. The van der Waals surface area contributed by atoms with Crippen LogP contribution in [0.15, 0.2) is 66.7 Å². The van der Waals surface area contributed by atoms with Crippen molar-refractivity contribution in [2.24, 2.45) is 0 Å². The maximum absolute atomic E-state index is 12.3. The lowest BCUT2D eigenvalue weighted by Crippen LogP contribution is -2.20. The quantitative estimate of drug-likeness (QED) is 0.433. The highest BCUT2D eigenvalue weighted by Gasteiger charge is 2.09. The largest absolute Gasteiger partial charge is 0.493 e. The Morgan fingerprint density at radius 3 is 2.09 bits per heavy atom. The molecule has 0 heterocycles. The van der Waals surface area contributed by atoms with E-state index in [1.54, 1.807) is 56.7 Å². The van der Waals surface area contributed by atoms with E-state index in [-0.39, 0.29) is 12.5 Å². The van der Waals surface area contributed by atoms with Crippen LogP contribution in [0.3, 0.4) is 0 Å². The van der Waals surface area contributed by atoms with Crippen LogP contribution in [0.4, 0.5) is 5.69 Å². The van der Waals surface area contributed by atoms with E-state index in [4.69, 9.17) is 23.7 Å². The van der Waals surface area contributed by atoms with Crippen LogP contribution in [-0.4, -0.2) is 39.9 Å². The van der Waals surface area contributed by atoms with Gasteiger partial charge in [-0.1, -0.05) is 17.7 Å². The number of carbonyl (C=O) groups excluding carboxylic acids is 1. The SMILES string of the molecule is COCCOc1cc(NC(=O)COc2ccc(Oc3ccc(C)cc3)cc2)ccc1OC. The minimum atomic E-state index is -0.294. The van der Waals surface area contributed by atoms with Gasteiger partial charge in [-0.25, -0.2) is 0 Å². The molecule has 0 aromatic heterocycles. The van der Waals surface area contributed by atoms with Crippen molar-refractivity contribution in [1.29, 1.82) is 0 Å². The normalized spacial score (nSPS) is 10.3. The number of aryl methyl sites for hydroxylation is 1. The number of carbonyl (C=O) groups is 1. The summed E-state index contributed by atoms with van der Waals surface area (Å²) in [5, 5.41) is 2.79. The molecule has 32 heavy (non-hydrogen) atoms. The number of ether oxygens (including phenoxy) is 5. The Morgan fingerprint density at radius 2 is 1.44 bits per heavy atom. The van der Waals surface area contributed by atoms with E-state index >= 15 is 0 Å². The van der Waals surface area contributed by atoms with E-state index in [2.05, 4.69) is 5.32 Å². The summed E-state index contributed by atoms with van der Waals surface area (Å²) in [6.07, 6.45) is 0. The lowest BCUT2D eigenvalue weighted by Gasteiger charge is -2.13. The summed E-state index contributed by atoms with van der Waals surface area (Å²) in [5.41, 5.74) is 1.75. The summed E-state index contributed by atoms with van der Waals surface area (Å²) in [5.74, 6) is 2.81. The van der Waals surface area contributed by atoms with Crippen LogP contribution >= 0.6 is 0 Å². The molecule has 0 saturated heterocycles. The first-order valence-corrected chi connectivity index (χ1v) is 10.1. The van der Waals surface area contributed by atoms with Crippen molar-refractivity contribution < 1.29 is 28.5 Å². The summed E-state index contributed by atoms with van der Waals surface area (Å²) in [6, 6.07) is 20.1. The number of anilines is 1. The predicted octanol–water partition coefficient (Wildman–Crippen LogP) is 4.84. The lowest BCUT2D eigenvalue weighted by molar-refractivity contribution is -0.118. The number of methoxy groups -OCH3 is 2. The van der Waals surface area contributed by atoms with Gasteiger partial charge in [0.2, 0.25) is 0 Å². The van der Waals surface area contributed by atoms with Crippen LogP contribution in [0, 0.1) is 6.92 Å². The molecule has 1 amide bonds. The fraction of sp³-hybridized carbons (Fsp3) is 0.240. The van der Waals surface area contributed by atoms with Gasteiger partial charge in [0.05, 0.1) is 13.7 Å². The number of nitrogens with one attached hydrogen (secondary N) is 1. The molecule has 0 bridgehead atoms. The molecule has 0 unspecified atom stereocenters. The van der Waals surface area contributed by atoms with Crippen molar-refractivity contribution in [3.8, 4) is 28.7 Å². The molecule has 0 radical (unpaired) electrons. The number of hydrogen-bond donors (Lipinski definition) is 1. The first-order chi connectivity index (χ1) is 15.6. The number of hydrogen-bond acceptors (Lipinski definition) is 6. The van der Waals surface area contributed by atoms with Crippen LogP contribution in [0.2, 0.25) is 0 Å². The highest BCUT2D eigenvalue weighted by molar-refractivity contribution is 5.92. The number of rotatable bonds is 11. The van der Waals surface area contributed by atoms with E-state index in [0.29, 0.717) is 41.9 Å². The van der Waals surface area contributed by atoms with Gasteiger partial charge in [-0.2, -0.15) is 0 Å². The Kier molecular flexibility index (Phi) is 8.34. The zero-order valence-electron chi connectivity index (χ0n) is 18.4. The monoisotopic (exact) mass is 437 g/mol. The molecule has 0 aliphatic rings. The van der Waals surface area contributed by atoms with Crippen LogP contribution in [0.5, 0.6) is 28.7 Å². The highest BCUT2D eigenvalue weighted by atomic mass is 16.5. The minimum absolute atomic E-state index is 0.135. The number of amides is 1. The molecular weight excluding hydrogens is 410 g/mol. The Balaban J connectivity index is 1.51. The van der Waals surface area contributed by atoms with Gasteiger partial charge in [-0.05, 0) is 55.5 Å². The fourth-order valence-corrected chi connectivity index (χ4v) is 2.79.